The Morgan fingerprint density at radius 3 is 2.57 bits per heavy atom. The van der Waals surface area contributed by atoms with Crippen molar-refractivity contribution in [2.75, 3.05) is 0 Å². The van der Waals surface area contributed by atoms with E-state index in [0.717, 1.165) is 5.56 Å². The Balaban J connectivity index is 1.90. The Bertz CT molecular complexity index is 833. The van der Waals surface area contributed by atoms with Crippen LogP contribution < -0.4 is 5.32 Å². The van der Waals surface area contributed by atoms with E-state index in [1.807, 2.05) is 42.5 Å². The maximum absolute atomic E-state index is 12.5. The molecule has 1 amide bonds. The fourth-order valence-corrected chi connectivity index (χ4v) is 2.36. The minimum Gasteiger partial charge on any atom is -0.467 e. The predicted octanol–water partition coefficient (Wildman–Crippen LogP) is 3.67. The molecule has 0 aliphatic rings. The molecule has 112 valence electrons. The van der Waals surface area contributed by atoms with Crippen molar-refractivity contribution in [1.82, 2.24) is 5.32 Å². The number of rotatable bonds is 4. The maximum atomic E-state index is 12.5. The van der Waals surface area contributed by atoms with Gasteiger partial charge in [-0.15, -0.1) is 0 Å². The van der Waals surface area contributed by atoms with Crippen LogP contribution in [0.1, 0.15) is 33.3 Å². The van der Waals surface area contributed by atoms with Gasteiger partial charge in [0, 0.05) is 5.56 Å². The molecule has 0 saturated carbocycles. The Labute approximate surface area is 134 Å². The maximum Gasteiger partial charge on any atom is 0.252 e. The van der Waals surface area contributed by atoms with Gasteiger partial charge in [0.05, 0.1) is 17.9 Å². The zero-order chi connectivity index (χ0) is 16.1. The highest BCUT2D eigenvalue weighted by Crippen LogP contribution is 2.23. The van der Waals surface area contributed by atoms with Gasteiger partial charge < -0.3 is 9.73 Å². The van der Waals surface area contributed by atoms with Gasteiger partial charge in [0.1, 0.15) is 11.8 Å². The van der Waals surface area contributed by atoms with Gasteiger partial charge in [0.2, 0.25) is 0 Å². The monoisotopic (exact) mass is 302 g/mol. The smallest absolute Gasteiger partial charge is 0.252 e. The molecule has 0 aliphatic carbocycles. The van der Waals surface area contributed by atoms with Crippen LogP contribution in [0.15, 0.2) is 77.4 Å². The fraction of sp³-hybridized carbons (Fsp3) is 0.0526. The Kier molecular flexibility index (Phi) is 4.21. The van der Waals surface area contributed by atoms with E-state index in [1.165, 1.54) is 0 Å². The molecule has 1 atom stereocenters. The van der Waals surface area contributed by atoms with Gasteiger partial charge in [-0.25, -0.2) is 0 Å². The normalized spacial score (nSPS) is 11.4. The standard InChI is InChI=1S/C19H14N2O2/c20-13-14-6-4-9-16(12-14)19(22)21-18(17-10-5-11-23-17)15-7-2-1-3-8-15/h1-12,18H,(H,21,22). The van der Waals surface area contributed by atoms with Crippen molar-refractivity contribution in [3.8, 4) is 6.07 Å². The molecule has 1 aromatic heterocycles. The van der Waals surface area contributed by atoms with Gasteiger partial charge in [-0.3, -0.25) is 4.79 Å². The summed E-state index contributed by atoms with van der Waals surface area (Å²) >= 11 is 0. The molecule has 3 rings (SSSR count). The lowest BCUT2D eigenvalue weighted by Gasteiger charge is -2.17. The average Bonchev–Trinajstić information content (AvgIpc) is 3.14. The van der Waals surface area contributed by atoms with Crippen LogP contribution in [-0.4, -0.2) is 5.91 Å². The van der Waals surface area contributed by atoms with E-state index in [2.05, 4.69) is 5.32 Å². The zero-order valence-corrected chi connectivity index (χ0v) is 12.3. The van der Waals surface area contributed by atoms with Crippen molar-refractivity contribution < 1.29 is 9.21 Å². The summed E-state index contributed by atoms with van der Waals surface area (Å²) in [5, 5.41) is 11.9. The molecular weight excluding hydrogens is 288 g/mol. The number of furan rings is 1. The highest BCUT2D eigenvalue weighted by molar-refractivity contribution is 5.95. The second-order valence-corrected chi connectivity index (χ2v) is 5.03. The predicted molar refractivity (Wildman–Crippen MR) is 85.6 cm³/mol. The van der Waals surface area contributed by atoms with E-state index in [9.17, 15) is 4.79 Å². The molecule has 1 heterocycles. The van der Waals surface area contributed by atoms with Gasteiger partial charge in [0.25, 0.3) is 5.91 Å². The summed E-state index contributed by atoms with van der Waals surface area (Å²) in [7, 11) is 0. The summed E-state index contributed by atoms with van der Waals surface area (Å²) in [6.07, 6.45) is 1.58. The zero-order valence-electron chi connectivity index (χ0n) is 12.3. The molecule has 1 N–H and O–H groups in total. The SMILES string of the molecule is N#Cc1cccc(C(=O)NC(c2ccccc2)c2ccco2)c1. The third kappa shape index (κ3) is 3.30. The van der Waals surface area contributed by atoms with E-state index in [0.29, 0.717) is 16.9 Å². The lowest BCUT2D eigenvalue weighted by molar-refractivity contribution is 0.0939. The number of carbonyl (C=O) groups excluding carboxylic acids is 1. The lowest BCUT2D eigenvalue weighted by atomic mass is 10.0. The van der Waals surface area contributed by atoms with Crippen molar-refractivity contribution in [2.24, 2.45) is 0 Å². The van der Waals surface area contributed by atoms with Crippen LogP contribution in [0, 0.1) is 11.3 Å². The highest BCUT2D eigenvalue weighted by atomic mass is 16.3. The van der Waals surface area contributed by atoms with Crippen molar-refractivity contribution in [3.05, 3.63) is 95.4 Å². The Morgan fingerprint density at radius 2 is 1.87 bits per heavy atom. The van der Waals surface area contributed by atoms with Crippen LogP contribution in [0.5, 0.6) is 0 Å². The molecule has 4 heteroatoms. The second-order valence-electron chi connectivity index (χ2n) is 5.03. The summed E-state index contributed by atoms with van der Waals surface area (Å²) in [4.78, 5) is 12.5. The van der Waals surface area contributed by atoms with Gasteiger partial charge in [0.15, 0.2) is 0 Å². The van der Waals surface area contributed by atoms with E-state index in [4.69, 9.17) is 9.68 Å². The third-order valence-electron chi connectivity index (χ3n) is 3.49. The number of nitrogens with zero attached hydrogens (tertiary/aromatic N) is 1. The van der Waals surface area contributed by atoms with Crippen LogP contribution >= 0.6 is 0 Å². The summed E-state index contributed by atoms with van der Waals surface area (Å²) in [6, 6.07) is 21.5. The number of carbonyl (C=O) groups is 1. The van der Waals surface area contributed by atoms with Crippen LogP contribution in [0.4, 0.5) is 0 Å². The number of benzene rings is 2. The third-order valence-corrected chi connectivity index (χ3v) is 3.49. The number of hydrogen-bond acceptors (Lipinski definition) is 3. The molecule has 0 aliphatic heterocycles. The summed E-state index contributed by atoms with van der Waals surface area (Å²) < 4.78 is 5.46. The van der Waals surface area contributed by atoms with Crippen molar-refractivity contribution in [3.63, 3.8) is 0 Å². The van der Waals surface area contributed by atoms with Crippen LogP contribution in [-0.2, 0) is 0 Å². The first-order valence-electron chi connectivity index (χ1n) is 7.17. The molecular formula is C19H14N2O2. The first-order valence-corrected chi connectivity index (χ1v) is 7.17. The van der Waals surface area contributed by atoms with Gasteiger partial charge in [-0.1, -0.05) is 36.4 Å². The minimum absolute atomic E-state index is 0.257. The molecule has 4 nitrogen and oxygen atoms in total. The Morgan fingerprint density at radius 1 is 1.04 bits per heavy atom. The van der Waals surface area contributed by atoms with E-state index < -0.39 is 0 Å². The quantitative estimate of drug-likeness (QED) is 0.799. The highest BCUT2D eigenvalue weighted by Gasteiger charge is 2.20. The topological polar surface area (TPSA) is 66.0 Å². The number of amides is 1. The minimum atomic E-state index is -0.385. The molecule has 0 bridgehead atoms. The Hall–Kier alpha value is -3.32. The molecule has 2 aromatic carbocycles. The summed E-state index contributed by atoms with van der Waals surface area (Å²) in [5.74, 6) is 0.397. The number of hydrogen-bond donors (Lipinski definition) is 1. The van der Waals surface area contributed by atoms with Crippen LogP contribution in [0.25, 0.3) is 0 Å². The molecule has 1 unspecified atom stereocenters. The fourth-order valence-electron chi connectivity index (χ4n) is 2.36. The molecule has 0 fully saturated rings. The van der Waals surface area contributed by atoms with Gasteiger partial charge >= 0.3 is 0 Å². The summed E-state index contributed by atoms with van der Waals surface area (Å²) in [6.45, 7) is 0. The van der Waals surface area contributed by atoms with E-state index >= 15 is 0 Å². The van der Waals surface area contributed by atoms with Crippen molar-refractivity contribution in [2.45, 2.75) is 6.04 Å². The average molecular weight is 302 g/mol. The molecule has 3 aromatic rings. The first-order chi connectivity index (χ1) is 11.3. The number of nitrogens with one attached hydrogen (secondary N) is 1. The van der Waals surface area contributed by atoms with E-state index in [1.54, 1.807) is 36.6 Å². The molecule has 0 saturated heterocycles. The van der Waals surface area contributed by atoms with Crippen molar-refractivity contribution in [1.29, 1.82) is 5.26 Å². The first kappa shape index (κ1) is 14.6. The van der Waals surface area contributed by atoms with Crippen LogP contribution in [0.2, 0.25) is 0 Å². The molecule has 0 radical (unpaired) electrons. The number of nitriles is 1. The van der Waals surface area contributed by atoms with Gasteiger partial charge in [-0.05, 0) is 35.9 Å². The summed E-state index contributed by atoms with van der Waals surface area (Å²) in [5.41, 5.74) is 1.82. The second kappa shape index (κ2) is 6.63. The van der Waals surface area contributed by atoms with Crippen LogP contribution in [0.3, 0.4) is 0 Å². The largest absolute Gasteiger partial charge is 0.467 e. The lowest BCUT2D eigenvalue weighted by Crippen LogP contribution is -2.29. The molecule has 0 spiro atoms. The van der Waals surface area contributed by atoms with Gasteiger partial charge in [-0.2, -0.15) is 5.26 Å². The molecule has 23 heavy (non-hydrogen) atoms. The van der Waals surface area contributed by atoms with Crippen molar-refractivity contribution >= 4 is 5.91 Å². The van der Waals surface area contributed by atoms with E-state index in [-0.39, 0.29) is 11.9 Å².